The zero-order valence-electron chi connectivity index (χ0n) is 28.5. The summed E-state index contributed by atoms with van der Waals surface area (Å²) in [6.45, 7) is 9.95. The van der Waals surface area contributed by atoms with Crippen LogP contribution in [-0.4, -0.2) is 57.2 Å². The van der Waals surface area contributed by atoms with Crippen LogP contribution in [0.1, 0.15) is 36.5 Å². The molecule has 2 saturated heterocycles. The summed E-state index contributed by atoms with van der Waals surface area (Å²) in [5.41, 5.74) is 7.94. The Hall–Kier alpha value is -4.36. The summed E-state index contributed by atoms with van der Waals surface area (Å²) >= 11 is 6.61. The Bertz CT molecular complexity index is 2060. The predicted octanol–water partition coefficient (Wildman–Crippen LogP) is 9.67. The van der Waals surface area contributed by atoms with E-state index in [0.717, 1.165) is 94.8 Å². The molecule has 0 amide bonds. The smallest absolute Gasteiger partial charge is 0.129 e. The monoisotopic (exact) mass is 675 g/mol. The van der Waals surface area contributed by atoms with Crippen molar-refractivity contribution in [2.45, 2.75) is 19.8 Å². The van der Waals surface area contributed by atoms with Crippen LogP contribution in [0.5, 0.6) is 0 Å². The molecule has 1 aromatic heterocycles. The predicted molar refractivity (Wildman–Crippen MR) is 202 cm³/mol. The largest absolute Gasteiger partial charge is 0.378 e. The van der Waals surface area contributed by atoms with Crippen LogP contribution in [0.2, 0.25) is 5.02 Å². The fourth-order valence-electron chi connectivity index (χ4n) is 7.46. The van der Waals surface area contributed by atoms with Crippen LogP contribution in [0.3, 0.4) is 0 Å². The molecule has 0 N–H and O–H groups in total. The van der Waals surface area contributed by atoms with Gasteiger partial charge in [0, 0.05) is 66.5 Å². The van der Waals surface area contributed by atoms with Crippen LogP contribution >= 0.6 is 11.6 Å². The van der Waals surface area contributed by atoms with Crippen LogP contribution in [-0.2, 0) is 16.5 Å². The zero-order valence-corrected chi connectivity index (χ0v) is 29.2. The number of fused-ring (bicyclic) bond motifs is 2. The quantitative estimate of drug-likeness (QED) is 0.176. The molecule has 8 rings (SSSR count). The maximum atomic E-state index is 16.7. The van der Waals surface area contributed by atoms with Crippen molar-refractivity contribution >= 4 is 44.7 Å². The normalized spacial score (nSPS) is 15.7. The fraction of sp³-hybridized carbons (Fsp3) is 0.286. The third-order valence-electron chi connectivity index (χ3n) is 9.81. The Morgan fingerprint density at radius 1 is 0.673 bits per heavy atom. The van der Waals surface area contributed by atoms with Gasteiger partial charge in [-0.05, 0) is 63.9 Å². The molecule has 1 atom stereocenters. The molecule has 0 aliphatic carbocycles. The van der Waals surface area contributed by atoms with Gasteiger partial charge in [-0.1, -0.05) is 92.2 Å². The molecule has 1 unspecified atom stereocenters. The minimum atomic E-state index is -0.383. The lowest BCUT2D eigenvalue weighted by molar-refractivity contribution is 0.122. The summed E-state index contributed by atoms with van der Waals surface area (Å²) in [4.78, 5) is 4.55. The van der Waals surface area contributed by atoms with Crippen LogP contribution in [0.25, 0.3) is 32.9 Å². The lowest BCUT2D eigenvalue weighted by Gasteiger charge is -2.30. The van der Waals surface area contributed by atoms with Crippen molar-refractivity contribution < 1.29 is 13.9 Å². The van der Waals surface area contributed by atoms with Crippen molar-refractivity contribution in [1.82, 2.24) is 4.57 Å². The maximum Gasteiger partial charge on any atom is 0.129 e. The van der Waals surface area contributed by atoms with Gasteiger partial charge in [0.1, 0.15) is 5.82 Å². The Balaban J connectivity index is 0.00000186. The van der Waals surface area contributed by atoms with E-state index in [1.807, 2.05) is 32.0 Å². The second-order valence-electron chi connectivity index (χ2n) is 12.4. The molecule has 0 radical (unpaired) electrons. The van der Waals surface area contributed by atoms with E-state index in [1.54, 1.807) is 6.07 Å². The van der Waals surface area contributed by atoms with Gasteiger partial charge in [-0.2, -0.15) is 0 Å². The highest BCUT2D eigenvalue weighted by Crippen LogP contribution is 2.47. The summed E-state index contributed by atoms with van der Waals surface area (Å²) in [6, 6.07) is 35.4. The van der Waals surface area contributed by atoms with Crippen molar-refractivity contribution in [1.29, 1.82) is 0 Å². The van der Waals surface area contributed by atoms with Gasteiger partial charge in [0.25, 0.3) is 0 Å². The standard InChI is InChI=1S/C40H37ClFN3O2.C2H6/c1-43-37-25-29(41)11-15-35(37)39(40(43)33-8-4-6-27-5-2-3-7-32(27)33)38(28-9-12-30(13-10-28)44-17-21-46-22-18-44)34-16-14-31(26-36(34)42)45-19-23-47-24-20-45;1-2/h2-16,25-26,38H,17-24H2,1H3;1-2H3. The van der Waals surface area contributed by atoms with Gasteiger partial charge in [0.15, 0.2) is 0 Å². The summed E-state index contributed by atoms with van der Waals surface area (Å²) in [5.74, 6) is -0.600. The molecule has 7 heteroatoms. The number of benzene rings is 5. The van der Waals surface area contributed by atoms with Crippen molar-refractivity contribution in [3.8, 4) is 11.3 Å². The highest BCUT2D eigenvalue weighted by molar-refractivity contribution is 6.31. The number of morpholine rings is 2. The highest BCUT2D eigenvalue weighted by Gasteiger charge is 2.30. The Morgan fingerprint density at radius 3 is 2.00 bits per heavy atom. The van der Waals surface area contributed by atoms with E-state index in [1.165, 1.54) is 0 Å². The Morgan fingerprint density at radius 2 is 1.31 bits per heavy atom. The first-order valence-corrected chi connectivity index (χ1v) is 17.8. The fourth-order valence-corrected chi connectivity index (χ4v) is 7.62. The lowest BCUT2D eigenvalue weighted by Crippen LogP contribution is -2.36. The SMILES string of the molecule is CC.Cn1c(-c2cccc3ccccc23)c(C(c2ccc(N3CCOCC3)cc2)c2ccc(N3CCOCC3)cc2F)c2ccc(Cl)cc21. The number of ether oxygens (including phenoxy) is 2. The van der Waals surface area contributed by atoms with Gasteiger partial charge < -0.3 is 23.8 Å². The average Bonchev–Trinajstić information content (AvgIpc) is 3.44. The van der Waals surface area contributed by atoms with Crippen LogP contribution in [0.15, 0.2) is 103 Å². The summed E-state index contributed by atoms with van der Waals surface area (Å²) < 4.78 is 30.1. The first-order valence-electron chi connectivity index (χ1n) is 17.4. The number of aromatic nitrogens is 1. The van der Waals surface area contributed by atoms with Gasteiger partial charge in [-0.15, -0.1) is 0 Å². The lowest BCUT2D eigenvalue weighted by atomic mass is 9.81. The molecule has 5 nitrogen and oxygen atoms in total. The van der Waals surface area contributed by atoms with Crippen LogP contribution in [0, 0.1) is 5.82 Å². The molecule has 2 aliphatic heterocycles. The number of hydrogen-bond donors (Lipinski definition) is 0. The zero-order chi connectivity index (χ0) is 33.9. The van der Waals surface area contributed by atoms with Gasteiger partial charge in [0.2, 0.25) is 0 Å². The van der Waals surface area contributed by atoms with E-state index in [-0.39, 0.29) is 11.7 Å². The summed E-state index contributed by atoms with van der Waals surface area (Å²) in [7, 11) is 2.09. The molecular weight excluding hydrogens is 633 g/mol. The minimum Gasteiger partial charge on any atom is -0.378 e. The maximum absolute atomic E-state index is 16.7. The van der Waals surface area contributed by atoms with E-state index in [2.05, 4.69) is 100 Å². The molecule has 252 valence electrons. The molecule has 6 aromatic rings. The van der Waals surface area contributed by atoms with E-state index in [0.29, 0.717) is 23.8 Å². The number of aryl methyl sites for hydroxylation is 1. The number of nitrogens with zero attached hydrogens (tertiary/aromatic N) is 3. The molecular formula is C42H43ClFN3O2. The van der Waals surface area contributed by atoms with E-state index < -0.39 is 0 Å². The molecule has 2 aliphatic rings. The third kappa shape index (κ3) is 6.41. The molecule has 0 spiro atoms. The second-order valence-corrected chi connectivity index (χ2v) is 12.9. The first kappa shape index (κ1) is 33.2. The van der Waals surface area contributed by atoms with E-state index >= 15 is 4.39 Å². The molecule has 49 heavy (non-hydrogen) atoms. The van der Waals surface area contributed by atoms with Gasteiger partial charge in [0.05, 0.1) is 37.6 Å². The van der Waals surface area contributed by atoms with Crippen LogP contribution < -0.4 is 9.80 Å². The third-order valence-corrected chi connectivity index (χ3v) is 10.0. The Labute approximate surface area is 293 Å². The average molecular weight is 676 g/mol. The van der Waals surface area contributed by atoms with Crippen molar-refractivity contribution in [2.75, 3.05) is 62.4 Å². The molecule has 0 saturated carbocycles. The molecule has 2 fully saturated rings. The van der Waals surface area contributed by atoms with Crippen molar-refractivity contribution in [3.05, 3.63) is 131 Å². The second kappa shape index (κ2) is 14.6. The number of halogens is 2. The number of anilines is 2. The van der Waals surface area contributed by atoms with Crippen molar-refractivity contribution in [3.63, 3.8) is 0 Å². The number of hydrogen-bond acceptors (Lipinski definition) is 4. The Kier molecular flexibility index (Phi) is 9.90. The first-order chi connectivity index (χ1) is 24.1. The topological polar surface area (TPSA) is 29.9 Å². The van der Waals surface area contributed by atoms with Gasteiger partial charge in [-0.3, -0.25) is 0 Å². The molecule has 5 aromatic carbocycles. The summed E-state index contributed by atoms with van der Waals surface area (Å²) in [5, 5.41) is 4.03. The highest BCUT2D eigenvalue weighted by atomic mass is 35.5. The number of rotatable bonds is 6. The van der Waals surface area contributed by atoms with Gasteiger partial charge in [-0.25, -0.2) is 4.39 Å². The molecule has 3 heterocycles. The van der Waals surface area contributed by atoms with Crippen molar-refractivity contribution in [2.24, 2.45) is 7.05 Å². The van der Waals surface area contributed by atoms with E-state index in [9.17, 15) is 0 Å². The van der Waals surface area contributed by atoms with E-state index in [4.69, 9.17) is 21.1 Å². The minimum absolute atomic E-state index is 0.217. The van der Waals surface area contributed by atoms with Gasteiger partial charge >= 0.3 is 0 Å². The van der Waals surface area contributed by atoms with Crippen LogP contribution in [0.4, 0.5) is 15.8 Å². The summed E-state index contributed by atoms with van der Waals surface area (Å²) in [6.07, 6.45) is 0. The molecule has 0 bridgehead atoms.